The smallest absolute Gasteiger partial charge is 0.164 e. The maximum Gasteiger partial charge on any atom is 0.164 e. The summed E-state index contributed by atoms with van der Waals surface area (Å²) in [4.78, 5) is 14.4. The largest absolute Gasteiger partial charge is 0.208 e. The van der Waals surface area contributed by atoms with E-state index in [2.05, 4.69) is 80.0 Å². The Morgan fingerprint density at radius 1 is 0.483 bits per heavy atom. The lowest BCUT2D eigenvalue weighted by Crippen LogP contribution is -2.01. The zero-order valence-corrected chi connectivity index (χ0v) is 18.6. The summed E-state index contributed by atoms with van der Waals surface area (Å²) < 4.78 is 1.03. The van der Waals surface area contributed by atoms with Crippen molar-refractivity contribution in [3.05, 3.63) is 87.4 Å². The average Bonchev–Trinajstić information content (AvgIpc) is 2.72. The van der Waals surface area contributed by atoms with Crippen molar-refractivity contribution in [1.82, 2.24) is 15.0 Å². The molecule has 0 fully saturated rings. The minimum Gasteiger partial charge on any atom is -0.208 e. The Kier molecular flexibility index (Phi) is 5.29. The molecule has 0 spiro atoms. The molecule has 4 aromatic rings. The van der Waals surface area contributed by atoms with Crippen LogP contribution in [0.1, 0.15) is 22.3 Å². The first-order chi connectivity index (χ1) is 13.9. The first-order valence-corrected chi connectivity index (χ1v) is 10.4. The van der Waals surface area contributed by atoms with Crippen LogP contribution < -0.4 is 0 Å². The van der Waals surface area contributed by atoms with E-state index in [1.165, 1.54) is 22.3 Å². The molecule has 0 aliphatic heterocycles. The summed E-state index contributed by atoms with van der Waals surface area (Å²) in [5.74, 6) is 2.05. The number of hydrogen-bond acceptors (Lipinski definition) is 3. The monoisotopic (exact) mass is 443 g/mol. The highest BCUT2D eigenvalue weighted by Crippen LogP contribution is 2.27. The van der Waals surface area contributed by atoms with Gasteiger partial charge in [-0.25, -0.2) is 15.0 Å². The van der Waals surface area contributed by atoms with Crippen LogP contribution >= 0.6 is 15.9 Å². The van der Waals surface area contributed by atoms with Crippen LogP contribution in [0.3, 0.4) is 0 Å². The van der Waals surface area contributed by atoms with Gasteiger partial charge >= 0.3 is 0 Å². The van der Waals surface area contributed by atoms with Gasteiger partial charge in [0.2, 0.25) is 0 Å². The van der Waals surface area contributed by atoms with Crippen molar-refractivity contribution in [3.8, 4) is 34.2 Å². The lowest BCUT2D eigenvalue weighted by molar-refractivity contribution is 1.07. The van der Waals surface area contributed by atoms with E-state index in [-0.39, 0.29) is 0 Å². The number of aromatic nitrogens is 3. The number of hydrogen-bond donors (Lipinski definition) is 0. The van der Waals surface area contributed by atoms with Crippen LogP contribution in [-0.4, -0.2) is 15.0 Å². The van der Waals surface area contributed by atoms with Gasteiger partial charge in [-0.15, -0.1) is 0 Å². The molecule has 1 aromatic heterocycles. The fraction of sp³-hybridized carbons (Fsp3) is 0.160. The summed E-state index contributed by atoms with van der Waals surface area (Å²) in [6, 6.07) is 20.7. The molecule has 0 N–H and O–H groups in total. The molecule has 0 aliphatic carbocycles. The summed E-state index contributed by atoms with van der Waals surface area (Å²) in [6.45, 7) is 8.44. The standard InChI is InChI=1S/C25H22BrN3/c1-15-5-7-20(13-17(15)3)24-27-23(19-9-11-22(26)12-10-19)28-25(29-24)21-8-6-16(2)18(4)14-21/h5-14H,1-4H3. The molecule has 0 unspecified atom stereocenters. The van der Waals surface area contributed by atoms with E-state index in [1.807, 2.05) is 24.3 Å². The van der Waals surface area contributed by atoms with Gasteiger partial charge in [0.1, 0.15) is 0 Å². The van der Waals surface area contributed by atoms with Crippen LogP contribution in [0.15, 0.2) is 65.1 Å². The SMILES string of the molecule is Cc1ccc(-c2nc(-c3ccc(Br)cc3)nc(-c3ccc(C)c(C)c3)n2)cc1C. The van der Waals surface area contributed by atoms with E-state index in [0.29, 0.717) is 17.5 Å². The van der Waals surface area contributed by atoms with E-state index in [0.717, 1.165) is 21.2 Å². The van der Waals surface area contributed by atoms with E-state index >= 15 is 0 Å². The predicted molar refractivity (Wildman–Crippen MR) is 123 cm³/mol. The van der Waals surface area contributed by atoms with Crippen molar-refractivity contribution in [2.75, 3.05) is 0 Å². The summed E-state index contributed by atoms with van der Waals surface area (Å²) in [5, 5.41) is 0. The Morgan fingerprint density at radius 2 is 0.862 bits per heavy atom. The van der Waals surface area contributed by atoms with E-state index in [4.69, 9.17) is 15.0 Å². The average molecular weight is 444 g/mol. The molecule has 4 rings (SSSR count). The van der Waals surface area contributed by atoms with Crippen molar-refractivity contribution in [2.45, 2.75) is 27.7 Å². The third kappa shape index (κ3) is 4.13. The molecule has 0 saturated carbocycles. The van der Waals surface area contributed by atoms with Crippen molar-refractivity contribution >= 4 is 15.9 Å². The number of rotatable bonds is 3. The number of benzene rings is 3. The topological polar surface area (TPSA) is 38.7 Å². The highest BCUT2D eigenvalue weighted by atomic mass is 79.9. The minimum absolute atomic E-state index is 0.675. The number of aryl methyl sites for hydroxylation is 4. The van der Waals surface area contributed by atoms with Gasteiger partial charge in [-0.2, -0.15) is 0 Å². The molecule has 0 atom stereocenters. The molecular weight excluding hydrogens is 422 g/mol. The molecule has 3 aromatic carbocycles. The quantitative estimate of drug-likeness (QED) is 0.346. The fourth-order valence-electron chi connectivity index (χ4n) is 3.12. The molecule has 0 radical (unpaired) electrons. The van der Waals surface area contributed by atoms with Crippen LogP contribution in [0.4, 0.5) is 0 Å². The first kappa shape index (κ1) is 19.5. The predicted octanol–water partition coefficient (Wildman–Crippen LogP) is 6.87. The van der Waals surface area contributed by atoms with Gasteiger partial charge in [0.15, 0.2) is 17.5 Å². The first-order valence-electron chi connectivity index (χ1n) is 9.58. The van der Waals surface area contributed by atoms with Gasteiger partial charge in [0.25, 0.3) is 0 Å². The van der Waals surface area contributed by atoms with Gasteiger partial charge in [0, 0.05) is 21.2 Å². The van der Waals surface area contributed by atoms with Crippen molar-refractivity contribution in [1.29, 1.82) is 0 Å². The number of nitrogens with zero attached hydrogens (tertiary/aromatic N) is 3. The van der Waals surface area contributed by atoms with E-state index in [9.17, 15) is 0 Å². The van der Waals surface area contributed by atoms with Crippen molar-refractivity contribution in [3.63, 3.8) is 0 Å². The third-order valence-corrected chi connectivity index (χ3v) is 5.80. The lowest BCUT2D eigenvalue weighted by Gasteiger charge is -2.10. The fourth-order valence-corrected chi connectivity index (χ4v) is 3.39. The number of halogens is 1. The molecule has 29 heavy (non-hydrogen) atoms. The van der Waals surface area contributed by atoms with Gasteiger partial charge < -0.3 is 0 Å². The molecular formula is C25H22BrN3. The maximum absolute atomic E-state index is 4.83. The highest BCUT2D eigenvalue weighted by molar-refractivity contribution is 9.10. The van der Waals surface area contributed by atoms with Crippen molar-refractivity contribution in [2.24, 2.45) is 0 Å². The van der Waals surface area contributed by atoms with Crippen LogP contribution in [0.2, 0.25) is 0 Å². The lowest BCUT2D eigenvalue weighted by atomic mass is 10.0. The summed E-state index contributed by atoms with van der Waals surface area (Å²) in [7, 11) is 0. The normalized spacial score (nSPS) is 10.9. The minimum atomic E-state index is 0.675. The second kappa shape index (κ2) is 7.88. The van der Waals surface area contributed by atoms with Gasteiger partial charge in [0.05, 0.1) is 0 Å². The molecule has 0 amide bonds. The second-order valence-electron chi connectivity index (χ2n) is 7.41. The molecule has 144 valence electrons. The molecule has 3 nitrogen and oxygen atoms in total. The summed E-state index contributed by atoms with van der Waals surface area (Å²) in [5.41, 5.74) is 7.92. The molecule has 0 saturated heterocycles. The molecule has 0 bridgehead atoms. The zero-order valence-electron chi connectivity index (χ0n) is 17.0. The molecule has 4 heteroatoms. The van der Waals surface area contributed by atoms with E-state index in [1.54, 1.807) is 0 Å². The van der Waals surface area contributed by atoms with Crippen molar-refractivity contribution < 1.29 is 0 Å². The second-order valence-corrected chi connectivity index (χ2v) is 8.33. The molecule has 0 aliphatic rings. The Labute approximate surface area is 180 Å². The Morgan fingerprint density at radius 3 is 1.28 bits per heavy atom. The van der Waals surface area contributed by atoms with Crippen LogP contribution in [0.5, 0.6) is 0 Å². The summed E-state index contributed by atoms with van der Waals surface area (Å²) in [6.07, 6.45) is 0. The van der Waals surface area contributed by atoms with Crippen LogP contribution in [0.25, 0.3) is 34.2 Å². The van der Waals surface area contributed by atoms with E-state index < -0.39 is 0 Å². The summed E-state index contributed by atoms with van der Waals surface area (Å²) >= 11 is 3.50. The Hall–Kier alpha value is -2.85. The highest BCUT2D eigenvalue weighted by Gasteiger charge is 2.13. The molecule has 1 heterocycles. The van der Waals surface area contributed by atoms with Crippen LogP contribution in [0, 0.1) is 27.7 Å². The Balaban J connectivity index is 1.92. The van der Waals surface area contributed by atoms with Gasteiger partial charge in [-0.3, -0.25) is 0 Å². The maximum atomic E-state index is 4.83. The van der Waals surface area contributed by atoms with Gasteiger partial charge in [-0.1, -0.05) is 52.3 Å². The van der Waals surface area contributed by atoms with Crippen LogP contribution in [-0.2, 0) is 0 Å². The van der Waals surface area contributed by atoms with Gasteiger partial charge in [-0.05, 0) is 74.2 Å². The zero-order chi connectivity index (χ0) is 20.5. The Bertz CT molecular complexity index is 1130. The third-order valence-electron chi connectivity index (χ3n) is 5.27.